The van der Waals surface area contributed by atoms with Gasteiger partial charge in [-0.1, -0.05) is 30.3 Å². The Morgan fingerprint density at radius 2 is 1.90 bits per heavy atom. The van der Waals surface area contributed by atoms with Crippen LogP contribution in [-0.4, -0.2) is 25.4 Å². The molecule has 0 atom stereocenters. The standard InChI is InChI=1S/C16H20N2O2/c1-20-14-7-8-15(17)16(11-14)18(9-10-19)12-13-5-3-2-4-6-13/h2-8,11,19H,9-10,12,17H2,1H3. The second-order valence-electron chi connectivity index (χ2n) is 4.56. The maximum Gasteiger partial charge on any atom is 0.121 e. The normalized spacial score (nSPS) is 10.3. The second kappa shape index (κ2) is 6.82. The van der Waals surface area contributed by atoms with E-state index in [0.717, 1.165) is 11.4 Å². The van der Waals surface area contributed by atoms with Crippen LogP contribution in [0.4, 0.5) is 11.4 Å². The van der Waals surface area contributed by atoms with Crippen molar-refractivity contribution >= 4 is 11.4 Å². The van der Waals surface area contributed by atoms with Crippen LogP contribution in [-0.2, 0) is 6.54 Å². The van der Waals surface area contributed by atoms with E-state index in [2.05, 4.69) is 12.1 Å². The molecule has 0 aromatic heterocycles. The van der Waals surface area contributed by atoms with Gasteiger partial charge in [-0.15, -0.1) is 0 Å². The molecule has 0 saturated carbocycles. The molecule has 0 amide bonds. The van der Waals surface area contributed by atoms with E-state index >= 15 is 0 Å². The summed E-state index contributed by atoms with van der Waals surface area (Å²) in [5.74, 6) is 0.755. The molecule has 0 aliphatic heterocycles. The first-order valence-corrected chi connectivity index (χ1v) is 6.58. The molecule has 3 N–H and O–H groups in total. The van der Waals surface area contributed by atoms with Gasteiger partial charge in [0.25, 0.3) is 0 Å². The highest BCUT2D eigenvalue weighted by Crippen LogP contribution is 2.29. The van der Waals surface area contributed by atoms with Crippen molar-refractivity contribution in [1.82, 2.24) is 0 Å². The third-order valence-corrected chi connectivity index (χ3v) is 3.16. The zero-order valence-electron chi connectivity index (χ0n) is 11.6. The molecule has 2 aromatic carbocycles. The van der Waals surface area contributed by atoms with Crippen molar-refractivity contribution in [3.8, 4) is 5.75 Å². The molecule has 0 spiro atoms. The van der Waals surface area contributed by atoms with Crippen molar-refractivity contribution in [1.29, 1.82) is 0 Å². The summed E-state index contributed by atoms with van der Waals surface area (Å²) in [5, 5.41) is 9.28. The number of ether oxygens (including phenoxy) is 1. The summed E-state index contributed by atoms with van der Waals surface area (Å²) in [5.41, 5.74) is 8.77. The molecule has 2 rings (SSSR count). The summed E-state index contributed by atoms with van der Waals surface area (Å²) in [6.07, 6.45) is 0. The highest BCUT2D eigenvalue weighted by atomic mass is 16.5. The van der Waals surface area contributed by atoms with Gasteiger partial charge in [-0.3, -0.25) is 0 Å². The van der Waals surface area contributed by atoms with Crippen LogP contribution in [0.1, 0.15) is 5.56 Å². The highest BCUT2D eigenvalue weighted by molar-refractivity contribution is 5.69. The number of benzene rings is 2. The smallest absolute Gasteiger partial charge is 0.121 e. The SMILES string of the molecule is COc1ccc(N)c(N(CCO)Cc2ccccc2)c1. The number of methoxy groups -OCH3 is 1. The van der Waals surface area contributed by atoms with Crippen molar-refractivity contribution in [3.63, 3.8) is 0 Å². The summed E-state index contributed by atoms with van der Waals surface area (Å²) < 4.78 is 5.24. The van der Waals surface area contributed by atoms with E-state index in [1.807, 2.05) is 41.3 Å². The number of aliphatic hydroxyl groups excluding tert-OH is 1. The minimum absolute atomic E-state index is 0.0729. The summed E-state index contributed by atoms with van der Waals surface area (Å²) in [6, 6.07) is 15.7. The summed E-state index contributed by atoms with van der Waals surface area (Å²) >= 11 is 0. The lowest BCUT2D eigenvalue weighted by Gasteiger charge is -2.26. The van der Waals surface area contributed by atoms with E-state index in [-0.39, 0.29) is 6.61 Å². The number of nitrogen functional groups attached to an aromatic ring is 1. The molecule has 0 aliphatic rings. The minimum atomic E-state index is 0.0729. The first-order valence-electron chi connectivity index (χ1n) is 6.58. The Hall–Kier alpha value is -2.20. The Morgan fingerprint density at radius 1 is 1.15 bits per heavy atom. The molecular formula is C16H20N2O2. The van der Waals surface area contributed by atoms with Crippen LogP contribution in [0, 0.1) is 0 Å². The molecule has 2 aromatic rings. The quantitative estimate of drug-likeness (QED) is 0.792. The molecule has 0 saturated heterocycles. The van der Waals surface area contributed by atoms with Crippen molar-refractivity contribution < 1.29 is 9.84 Å². The van der Waals surface area contributed by atoms with Gasteiger partial charge in [-0.05, 0) is 17.7 Å². The summed E-state index contributed by atoms with van der Waals surface area (Å²) in [6.45, 7) is 1.29. The number of aliphatic hydroxyl groups is 1. The minimum Gasteiger partial charge on any atom is -0.497 e. The molecule has 0 radical (unpaired) electrons. The van der Waals surface area contributed by atoms with Crippen LogP contribution < -0.4 is 15.4 Å². The van der Waals surface area contributed by atoms with Crippen molar-refractivity contribution in [2.45, 2.75) is 6.54 Å². The lowest BCUT2D eigenvalue weighted by molar-refractivity contribution is 0.301. The molecule has 0 unspecified atom stereocenters. The second-order valence-corrected chi connectivity index (χ2v) is 4.56. The molecule has 20 heavy (non-hydrogen) atoms. The Morgan fingerprint density at radius 3 is 2.55 bits per heavy atom. The maximum atomic E-state index is 9.28. The third-order valence-electron chi connectivity index (χ3n) is 3.16. The van der Waals surface area contributed by atoms with Crippen LogP contribution in [0.3, 0.4) is 0 Å². The van der Waals surface area contributed by atoms with Gasteiger partial charge < -0.3 is 20.5 Å². The van der Waals surface area contributed by atoms with Gasteiger partial charge in [0.15, 0.2) is 0 Å². The van der Waals surface area contributed by atoms with Crippen LogP contribution in [0.2, 0.25) is 0 Å². The van der Waals surface area contributed by atoms with Gasteiger partial charge in [-0.25, -0.2) is 0 Å². The predicted octanol–water partition coefficient (Wildman–Crippen LogP) is 2.28. The zero-order valence-corrected chi connectivity index (χ0v) is 11.6. The fraction of sp³-hybridized carbons (Fsp3) is 0.250. The van der Waals surface area contributed by atoms with E-state index in [4.69, 9.17) is 10.5 Å². The van der Waals surface area contributed by atoms with Crippen LogP contribution >= 0.6 is 0 Å². The molecular weight excluding hydrogens is 252 g/mol. The van der Waals surface area contributed by atoms with E-state index in [1.165, 1.54) is 5.56 Å². The molecule has 0 bridgehead atoms. The molecule has 4 nitrogen and oxygen atoms in total. The number of nitrogens with zero attached hydrogens (tertiary/aromatic N) is 1. The van der Waals surface area contributed by atoms with E-state index in [1.54, 1.807) is 7.11 Å². The maximum absolute atomic E-state index is 9.28. The number of anilines is 2. The van der Waals surface area contributed by atoms with Gasteiger partial charge in [0.1, 0.15) is 5.75 Å². The van der Waals surface area contributed by atoms with Crippen LogP contribution in [0.5, 0.6) is 5.75 Å². The van der Waals surface area contributed by atoms with Crippen molar-refractivity contribution in [2.75, 3.05) is 30.9 Å². The largest absolute Gasteiger partial charge is 0.497 e. The zero-order chi connectivity index (χ0) is 14.4. The van der Waals surface area contributed by atoms with Gasteiger partial charge in [0.2, 0.25) is 0 Å². The lowest BCUT2D eigenvalue weighted by Crippen LogP contribution is -2.26. The fourth-order valence-corrected chi connectivity index (χ4v) is 2.13. The number of hydrogen-bond donors (Lipinski definition) is 2. The number of nitrogens with two attached hydrogens (primary N) is 1. The van der Waals surface area contributed by atoms with Crippen LogP contribution in [0.25, 0.3) is 0 Å². The van der Waals surface area contributed by atoms with Gasteiger partial charge in [-0.2, -0.15) is 0 Å². The monoisotopic (exact) mass is 272 g/mol. The van der Waals surface area contributed by atoms with E-state index in [0.29, 0.717) is 18.8 Å². The molecule has 4 heteroatoms. The van der Waals surface area contributed by atoms with Gasteiger partial charge in [0, 0.05) is 19.2 Å². The van der Waals surface area contributed by atoms with Crippen molar-refractivity contribution in [3.05, 3.63) is 54.1 Å². The molecule has 0 fully saturated rings. The van der Waals surface area contributed by atoms with E-state index < -0.39 is 0 Å². The fourth-order valence-electron chi connectivity index (χ4n) is 2.13. The van der Waals surface area contributed by atoms with Crippen molar-refractivity contribution in [2.24, 2.45) is 0 Å². The lowest BCUT2D eigenvalue weighted by atomic mass is 10.1. The topological polar surface area (TPSA) is 58.7 Å². The van der Waals surface area contributed by atoms with Crippen LogP contribution in [0.15, 0.2) is 48.5 Å². The number of rotatable bonds is 6. The molecule has 0 heterocycles. The first kappa shape index (κ1) is 14.2. The Bertz CT molecular complexity index is 543. The third kappa shape index (κ3) is 3.42. The summed E-state index contributed by atoms with van der Waals surface area (Å²) in [7, 11) is 1.63. The predicted molar refractivity (Wildman–Crippen MR) is 82.0 cm³/mol. The Kier molecular flexibility index (Phi) is 4.85. The first-order chi connectivity index (χ1) is 9.74. The average molecular weight is 272 g/mol. The Balaban J connectivity index is 2.28. The molecule has 0 aliphatic carbocycles. The van der Waals surface area contributed by atoms with Gasteiger partial charge in [0.05, 0.1) is 25.1 Å². The molecule has 106 valence electrons. The number of hydrogen-bond acceptors (Lipinski definition) is 4. The van der Waals surface area contributed by atoms with E-state index in [9.17, 15) is 5.11 Å². The highest BCUT2D eigenvalue weighted by Gasteiger charge is 2.11. The average Bonchev–Trinajstić information content (AvgIpc) is 2.48. The summed E-state index contributed by atoms with van der Waals surface area (Å²) in [4.78, 5) is 2.05. The van der Waals surface area contributed by atoms with Gasteiger partial charge >= 0.3 is 0 Å². The Labute approximate surface area is 119 Å².